The third-order valence-electron chi connectivity index (χ3n) is 1.91. The van der Waals surface area contributed by atoms with Crippen LogP contribution in [0.3, 0.4) is 0 Å². The van der Waals surface area contributed by atoms with E-state index in [9.17, 15) is 4.79 Å². The summed E-state index contributed by atoms with van der Waals surface area (Å²) in [6, 6.07) is 1.93. The number of thiophene rings is 1. The first-order valence-electron chi connectivity index (χ1n) is 4.58. The molecular formula is C10H12Br2OS. The Labute approximate surface area is 105 Å². The van der Waals surface area contributed by atoms with E-state index < -0.39 is 0 Å². The van der Waals surface area contributed by atoms with Gasteiger partial charge in [0.25, 0.3) is 0 Å². The molecule has 1 aromatic rings. The first-order valence-corrected chi connectivity index (χ1v) is 7.37. The van der Waals surface area contributed by atoms with Crippen molar-refractivity contribution in [3.05, 3.63) is 20.8 Å². The van der Waals surface area contributed by atoms with E-state index in [4.69, 9.17) is 0 Å². The largest absolute Gasteiger partial charge is 0.293 e. The molecule has 0 N–H and O–H groups in total. The number of carbonyl (C=O) groups excluding carboxylic acids is 1. The van der Waals surface area contributed by atoms with Crippen molar-refractivity contribution in [1.82, 2.24) is 0 Å². The van der Waals surface area contributed by atoms with Crippen molar-refractivity contribution in [3.8, 4) is 0 Å². The number of unbranched alkanes of at least 4 members (excludes halogenated alkanes) is 2. The molecule has 0 saturated carbocycles. The van der Waals surface area contributed by atoms with Crippen LogP contribution < -0.4 is 0 Å². The zero-order valence-electron chi connectivity index (χ0n) is 7.76. The predicted octanol–water partition coefficient (Wildman–Crippen LogP) is 4.65. The predicted molar refractivity (Wildman–Crippen MR) is 68.6 cm³/mol. The second-order valence-electron chi connectivity index (χ2n) is 3.02. The van der Waals surface area contributed by atoms with E-state index in [-0.39, 0.29) is 5.78 Å². The number of halogens is 2. The Balaban J connectivity index is 2.32. The lowest BCUT2D eigenvalue weighted by Gasteiger charge is -1.98. The van der Waals surface area contributed by atoms with E-state index in [0.29, 0.717) is 6.42 Å². The Kier molecular flexibility index (Phi) is 5.98. The van der Waals surface area contributed by atoms with Gasteiger partial charge in [0.1, 0.15) is 0 Å². The van der Waals surface area contributed by atoms with Crippen LogP contribution in [0.5, 0.6) is 0 Å². The van der Waals surface area contributed by atoms with Crippen molar-refractivity contribution >= 4 is 49.0 Å². The van der Waals surface area contributed by atoms with Gasteiger partial charge in [-0.3, -0.25) is 4.79 Å². The molecule has 0 fully saturated rings. The lowest BCUT2D eigenvalue weighted by atomic mass is 10.1. The summed E-state index contributed by atoms with van der Waals surface area (Å²) in [7, 11) is 0. The zero-order valence-corrected chi connectivity index (χ0v) is 11.8. The van der Waals surface area contributed by atoms with E-state index in [2.05, 4.69) is 31.9 Å². The maximum Gasteiger partial charge on any atom is 0.173 e. The van der Waals surface area contributed by atoms with Gasteiger partial charge >= 0.3 is 0 Å². The van der Waals surface area contributed by atoms with Crippen LogP contribution in [0.2, 0.25) is 0 Å². The van der Waals surface area contributed by atoms with Crippen LogP contribution in [0.1, 0.15) is 35.4 Å². The summed E-state index contributed by atoms with van der Waals surface area (Å²) in [6.07, 6.45) is 3.94. The summed E-state index contributed by atoms with van der Waals surface area (Å²) >= 11 is 8.26. The van der Waals surface area contributed by atoms with Crippen LogP contribution in [-0.4, -0.2) is 11.1 Å². The molecule has 0 radical (unpaired) electrons. The smallest absolute Gasteiger partial charge is 0.173 e. The first-order chi connectivity index (χ1) is 6.75. The normalized spacial score (nSPS) is 10.4. The van der Waals surface area contributed by atoms with Crippen LogP contribution in [0.15, 0.2) is 15.9 Å². The zero-order chi connectivity index (χ0) is 10.4. The molecule has 0 saturated heterocycles. The first kappa shape index (κ1) is 12.4. The average Bonchev–Trinajstić information content (AvgIpc) is 2.59. The Bertz CT molecular complexity index is 296. The molecule has 0 spiro atoms. The van der Waals surface area contributed by atoms with Gasteiger partial charge in [-0.1, -0.05) is 22.4 Å². The maximum atomic E-state index is 11.7. The van der Waals surface area contributed by atoms with E-state index in [1.807, 2.05) is 11.4 Å². The second kappa shape index (κ2) is 6.75. The molecule has 1 nitrogen and oxygen atoms in total. The Morgan fingerprint density at radius 1 is 1.36 bits per heavy atom. The van der Waals surface area contributed by atoms with Crippen molar-refractivity contribution in [1.29, 1.82) is 0 Å². The lowest BCUT2D eigenvalue weighted by molar-refractivity contribution is 0.0982. The molecule has 1 heterocycles. The summed E-state index contributed by atoms with van der Waals surface area (Å²) in [5.74, 6) is 0.265. The SMILES string of the molecule is O=C(CCCCCBr)c1sccc1Br. The third kappa shape index (κ3) is 3.83. The van der Waals surface area contributed by atoms with Gasteiger partial charge in [0.05, 0.1) is 4.88 Å². The summed E-state index contributed by atoms with van der Waals surface area (Å²) in [4.78, 5) is 12.5. The van der Waals surface area contributed by atoms with Crippen LogP contribution in [0, 0.1) is 0 Å². The van der Waals surface area contributed by atoms with Crippen molar-refractivity contribution in [2.75, 3.05) is 5.33 Å². The summed E-state index contributed by atoms with van der Waals surface area (Å²) in [6.45, 7) is 0. The minimum Gasteiger partial charge on any atom is -0.293 e. The Morgan fingerprint density at radius 3 is 2.71 bits per heavy atom. The Hall–Kier alpha value is 0.330. The third-order valence-corrected chi connectivity index (χ3v) is 4.35. The van der Waals surface area contributed by atoms with Gasteiger partial charge in [-0.25, -0.2) is 0 Å². The quantitative estimate of drug-likeness (QED) is 0.419. The highest BCUT2D eigenvalue weighted by molar-refractivity contribution is 9.10. The highest BCUT2D eigenvalue weighted by atomic mass is 79.9. The van der Waals surface area contributed by atoms with Gasteiger partial charge < -0.3 is 0 Å². The summed E-state index contributed by atoms with van der Waals surface area (Å²) in [5.41, 5.74) is 0. The second-order valence-corrected chi connectivity index (χ2v) is 5.58. The summed E-state index contributed by atoms with van der Waals surface area (Å²) in [5, 5.41) is 2.97. The molecule has 1 aromatic heterocycles. The molecule has 0 unspecified atom stereocenters. The highest BCUT2D eigenvalue weighted by Gasteiger charge is 2.10. The topological polar surface area (TPSA) is 17.1 Å². The van der Waals surface area contributed by atoms with E-state index >= 15 is 0 Å². The van der Waals surface area contributed by atoms with Gasteiger partial charge in [-0.2, -0.15) is 0 Å². The molecule has 0 atom stereocenters. The van der Waals surface area contributed by atoms with Crippen molar-refractivity contribution in [2.24, 2.45) is 0 Å². The molecule has 0 aliphatic carbocycles. The highest BCUT2D eigenvalue weighted by Crippen LogP contribution is 2.24. The number of Topliss-reactive ketones (excluding diaryl/α,β-unsaturated/α-hetero) is 1. The molecule has 4 heteroatoms. The molecule has 0 bridgehead atoms. The number of rotatable bonds is 6. The summed E-state index contributed by atoms with van der Waals surface area (Å²) < 4.78 is 0.938. The lowest BCUT2D eigenvalue weighted by Crippen LogP contribution is -1.96. The molecule has 78 valence electrons. The molecule has 14 heavy (non-hydrogen) atoms. The van der Waals surface area contributed by atoms with Crippen LogP contribution in [0.25, 0.3) is 0 Å². The monoisotopic (exact) mass is 338 g/mol. The minimum absolute atomic E-state index is 0.265. The fourth-order valence-electron chi connectivity index (χ4n) is 1.16. The van der Waals surface area contributed by atoms with Crippen molar-refractivity contribution < 1.29 is 4.79 Å². The molecular weight excluding hydrogens is 328 g/mol. The molecule has 0 aliphatic rings. The van der Waals surface area contributed by atoms with Crippen LogP contribution in [-0.2, 0) is 0 Å². The molecule has 0 aliphatic heterocycles. The number of hydrogen-bond donors (Lipinski definition) is 0. The minimum atomic E-state index is 0.265. The molecule has 0 aromatic carbocycles. The number of hydrogen-bond acceptors (Lipinski definition) is 2. The fraction of sp³-hybridized carbons (Fsp3) is 0.500. The van der Waals surface area contributed by atoms with Crippen LogP contribution in [0.4, 0.5) is 0 Å². The number of alkyl halides is 1. The van der Waals surface area contributed by atoms with E-state index in [1.165, 1.54) is 11.3 Å². The van der Waals surface area contributed by atoms with Gasteiger partial charge in [0.15, 0.2) is 5.78 Å². The van der Waals surface area contributed by atoms with Gasteiger partial charge in [-0.15, -0.1) is 11.3 Å². The number of ketones is 1. The van der Waals surface area contributed by atoms with Crippen LogP contribution >= 0.6 is 43.2 Å². The number of carbonyl (C=O) groups is 1. The van der Waals surface area contributed by atoms with Crippen molar-refractivity contribution in [3.63, 3.8) is 0 Å². The Morgan fingerprint density at radius 2 is 2.14 bits per heavy atom. The van der Waals surface area contributed by atoms with Gasteiger partial charge in [0.2, 0.25) is 0 Å². The maximum absolute atomic E-state index is 11.7. The van der Waals surface area contributed by atoms with Gasteiger partial charge in [-0.05, 0) is 40.2 Å². The average molecular weight is 340 g/mol. The standard InChI is InChI=1S/C10H12Br2OS/c11-6-3-1-2-4-9(13)10-8(12)5-7-14-10/h5,7H,1-4,6H2. The fourth-order valence-corrected chi connectivity index (χ4v) is 3.12. The van der Waals surface area contributed by atoms with E-state index in [1.54, 1.807) is 0 Å². The molecule has 1 rings (SSSR count). The van der Waals surface area contributed by atoms with Gasteiger partial charge in [0, 0.05) is 16.2 Å². The van der Waals surface area contributed by atoms with E-state index in [0.717, 1.165) is 33.9 Å². The van der Waals surface area contributed by atoms with Crippen molar-refractivity contribution in [2.45, 2.75) is 25.7 Å². The molecule has 0 amide bonds.